The molecule has 3 aromatic carbocycles. The first-order chi connectivity index (χ1) is 15.9. The average molecular weight is 441 g/mol. The normalized spacial score (nSPS) is 11.2. The second-order valence-corrected chi connectivity index (χ2v) is 7.96. The Kier molecular flexibility index (Phi) is 4.97. The van der Waals surface area contributed by atoms with Crippen LogP contribution in [0.15, 0.2) is 71.5 Å². The van der Waals surface area contributed by atoms with Crippen LogP contribution in [0.4, 0.5) is 10.1 Å². The first kappa shape index (κ1) is 20.6. The van der Waals surface area contributed by atoms with E-state index in [0.717, 1.165) is 11.1 Å². The zero-order valence-electron chi connectivity index (χ0n) is 18.0. The summed E-state index contributed by atoms with van der Waals surface area (Å²) in [5, 5.41) is 6.89. The zero-order valence-corrected chi connectivity index (χ0v) is 18.0. The van der Waals surface area contributed by atoms with Crippen molar-refractivity contribution >= 4 is 28.3 Å². The maximum atomic E-state index is 13.9. The number of anilines is 1. The largest absolute Gasteiger partial charge is 0.319 e. The number of nitrogens with one attached hydrogen (secondary N) is 1. The van der Waals surface area contributed by atoms with Gasteiger partial charge in [0, 0.05) is 5.69 Å². The number of hydrogen-bond acceptors (Lipinski definition) is 4. The molecule has 0 aliphatic carbocycles. The molecule has 7 nitrogen and oxygen atoms in total. The second kappa shape index (κ2) is 7.98. The number of amides is 1. The van der Waals surface area contributed by atoms with E-state index in [2.05, 4.69) is 15.4 Å². The molecule has 0 fully saturated rings. The molecule has 0 aliphatic heterocycles. The number of rotatable bonds is 4. The molecule has 0 aliphatic rings. The third-order valence-corrected chi connectivity index (χ3v) is 5.51. The van der Waals surface area contributed by atoms with Gasteiger partial charge in [-0.2, -0.15) is 4.98 Å². The predicted molar refractivity (Wildman–Crippen MR) is 124 cm³/mol. The summed E-state index contributed by atoms with van der Waals surface area (Å²) in [5.74, 6) is -1.23. The highest BCUT2D eigenvalue weighted by atomic mass is 19.1. The number of carbonyl (C=O) groups excluding carboxylic acids is 1. The van der Waals surface area contributed by atoms with Gasteiger partial charge in [0.25, 0.3) is 11.5 Å². The fraction of sp³-hybridized carbons (Fsp3) is 0.120. The Labute approximate surface area is 188 Å². The molecule has 0 atom stereocenters. The molecule has 1 amide bonds. The number of nitrogens with zero attached hydrogens (tertiary/aromatic N) is 4. The number of benzene rings is 3. The van der Waals surface area contributed by atoms with Crippen molar-refractivity contribution in [3.05, 3.63) is 105 Å². The highest BCUT2D eigenvalue weighted by Crippen LogP contribution is 2.18. The summed E-state index contributed by atoms with van der Waals surface area (Å²) in [6, 6.07) is 19.7. The van der Waals surface area contributed by atoms with Gasteiger partial charge in [-0.25, -0.2) is 8.91 Å². The first-order valence-corrected chi connectivity index (χ1v) is 10.4. The summed E-state index contributed by atoms with van der Waals surface area (Å²) < 4.78 is 16.9. The number of aromatic nitrogens is 4. The Balaban J connectivity index is 1.63. The fourth-order valence-corrected chi connectivity index (χ4v) is 3.75. The van der Waals surface area contributed by atoms with Crippen LogP contribution < -0.4 is 10.9 Å². The van der Waals surface area contributed by atoms with Crippen molar-refractivity contribution in [1.29, 1.82) is 0 Å². The highest BCUT2D eigenvalue weighted by molar-refractivity contribution is 6.02. The van der Waals surface area contributed by atoms with Gasteiger partial charge in [-0.05, 0) is 54.8 Å². The van der Waals surface area contributed by atoms with Gasteiger partial charge >= 0.3 is 0 Å². The van der Waals surface area contributed by atoms with Crippen LogP contribution in [-0.4, -0.2) is 25.1 Å². The van der Waals surface area contributed by atoms with Gasteiger partial charge in [0.05, 0.1) is 17.6 Å². The SMILES string of the molecule is Cc1ccc2c(c1)n(Cc1ccccc1)c(=O)c1nc(C(=O)Nc3ccc(C)c(F)c3)nn12. The van der Waals surface area contributed by atoms with Crippen LogP contribution in [0.3, 0.4) is 0 Å². The van der Waals surface area contributed by atoms with E-state index in [0.29, 0.717) is 23.1 Å². The molecule has 2 heterocycles. The van der Waals surface area contributed by atoms with Crippen molar-refractivity contribution in [1.82, 2.24) is 19.2 Å². The van der Waals surface area contributed by atoms with E-state index in [-0.39, 0.29) is 22.7 Å². The number of fused-ring (bicyclic) bond motifs is 3. The van der Waals surface area contributed by atoms with Crippen LogP contribution in [0, 0.1) is 19.7 Å². The van der Waals surface area contributed by atoms with Gasteiger partial charge in [-0.15, -0.1) is 5.10 Å². The summed E-state index contributed by atoms with van der Waals surface area (Å²) in [4.78, 5) is 30.4. The van der Waals surface area contributed by atoms with Gasteiger partial charge in [0.2, 0.25) is 11.5 Å². The topological polar surface area (TPSA) is 81.3 Å². The van der Waals surface area contributed by atoms with Gasteiger partial charge in [0.15, 0.2) is 0 Å². The summed E-state index contributed by atoms with van der Waals surface area (Å²) in [6.07, 6.45) is 0. The lowest BCUT2D eigenvalue weighted by Crippen LogP contribution is -2.24. The van der Waals surface area contributed by atoms with E-state index in [1.807, 2.05) is 55.5 Å². The molecular formula is C25H20FN5O2. The summed E-state index contributed by atoms with van der Waals surface area (Å²) in [7, 11) is 0. The maximum Gasteiger partial charge on any atom is 0.296 e. The molecule has 5 rings (SSSR count). The van der Waals surface area contributed by atoms with E-state index in [4.69, 9.17) is 0 Å². The molecule has 33 heavy (non-hydrogen) atoms. The van der Waals surface area contributed by atoms with E-state index >= 15 is 0 Å². The summed E-state index contributed by atoms with van der Waals surface area (Å²) >= 11 is 0. The Bertz CT molecular complexity index is 1590. The van der Waals surface area contributed by atoms with Crippen molar-refractivity contribution in [2.45, 2.75) is 20.4 Å². The number of carbonyl (C=O) groups is 1. The highest BCUT2D eigenvalue weighted by Gasteiger charge is 2.20. The van der Waals surface area contributed by atoms with Crippen molar-refractivity contribution in [3.8, 4) is 0 Å². The van der Waals surface area contributed by atoms with Crippen LogP contribution >= 0.6 is 0 Å². The van der Waals surface area contributed by atoms with Gasteiger partial charge < -0.3 is 5.32 Å². The monoisotopic (exact) mass is 441 g/mol. The Morgan fingerprint density at radius 2 is 1.79 bits per heavy atom. The van der Waals surface area contributed by atoms with Crippen LogP contribution in [0.2, 0.25) is 0 Å². The zero-order chi connectivity index (χ0) is 23.1. The quantitative estimate of drug-likeness (QED) is 0.455. The van der Waals surface area contributed by atoms with Crippen molar-refractivity contribution in [2.75, 3.05) is 5.32 Å². The average Bonchev–Trinajstić information content (AvgIpc) is 3.26. The van der Waals surface area contributed by atoms with Crippen LogP contribution in [-0.2, 0) is 6.54 Å². The van der Waals surface area contributed by atoms with Crippen LogP contribution in [0.1, 0.15) is 27.3 Å². The molecule has 2 aromatic heterocycles. The van der Waals surface area contributed by atoms with Crippen molar-refractivity contribution < 1.29 is 9.18 Å². The van der Waals surface area contributed by atoms with E-state index in [9.17, 15) is 14.0 Å². The molecule has 0 spiro atoms. The lowest BCUT2D eigenvalue weighted by Gasteiger charge is -2.12. The third kappa shape index (κ3) is 3.76. The molecule has 5 aromatic rings. The Morgan fingerprint density at radius 3 is 2.55 bits per heavy atom. The van der Waals surface area contributed by atoms with E-state index in [1.165, 1.54) is 10.6 Å². The Hall–Kier alpha value is -4.33. The van der Waals surface area contributed by atoms with Crippen LogP contribution in [0.5, 0.6) is 0 Å². The fourth-order valence-electron chi connectivity index (χ4n) is 3.75. The van der Waals surface area contributed by atoms with Crippen molar-refractivity contribution in [3.63, 3.8) is 0 Å². The minimum absolute atomic E-state index is 0.0440. The molecule has 1 N–H and O–H groups in total. The second-order valence-electron chi connectivity index (χ2n) is 7.96. The molecule has 0 saturated heterocycles. The standard InChI is InChI=1S/C25H20FN5O2/c1-15-8-11-20-21(12-15)30(14-17-6-4-3-5-7-17)25(33)23-28-22(29-31(20)23)24(32)27-18-10-9-16(2)19(26)13-18/h3-13H,14H2,1-2H3,(H,27,32). The molecule has 0 saturated carbocycles. The molecule has 0 unspecified atom stereocenters. The lowest BCUT2D eigenvalue weighted by atomic mass is 10.2. The number of halogens is 1. The minimum Gasteiger partial charge on any atom is -0.319 e. The minimum atomic E-state index is -0.628. The molecule has 8 heteroatoms. The van der Waals surface area contributed by atoms with Gasteiger partial charge in [-0.3, -0.25) is 14.2 Å². The predicted octanol–water partition coefficient (Wildman–Crippen LogP) is 4.10. The molecular weight excluding hydrogens is 421 g/mol. The summed E-state index contributed by atoms with van der Waals surface area (Å²) in [5.41, 5.74) is 3.73. The van der Waals surface area contributed by atoms with E-state index < -0.39 is 11.7 Å². The van der Waals surface area contributed by atoms with Gasteiger partial charge in [0.1, 0.15) is 5.82 Å². The molecule has 164 valence electrons. The number of hydrogen-bond donors (Lipinski definition) is 1. The molecule has 0 bridgehead atoms. The smallest absolute Gasteiger partial charge is 0.296 e. The third-order valence-electron chi connectivity index (χ3n) is 5.51. The number of aryl methyl sites for hydroxylation is 2. The molecule has 0 radical (unpaired) electrons. The first-order valence-electron chi connectivity index (χ1n) is 10.4. The van der Waals surface area contributed by atoms with Gasteiger partial charge in [-0.1, -0.05) is 42.5 Å². The van der Waals surface area contributed by atoms with E-state index in [1.54, 1.807) is 23.6 Å². The maximum absolute atomic E-state index is 13.9. The van der Waals surface area contributed by atoms with Crippen molar-refractivity contribution in [2.24, 2.45) is 0 Å². The summed E-state index contributed by atoms with van der Waals surface area (Å²) in [6.45, 7) is 3.94. The Morgan fingerprint density at radius 1 is 1.00 bits per heavy atom. The lowest BCUT2D eigenvalue weighted by molar-refractivity contribution is 0.101. The van der Waals surface area contributed by atoms with Crippen LogP contribution in [0.25, 0.3) is 16.7 Å².